The molecule has 29 heavy (non-hydrogen) atoms. The van der Waals surface area contributed by atoms with Gasteiger partial charge in [0, 0.05) is 25.6 Å². The molecule has 146 valence electrons. The maximum Gasteiger partial charge on any atom is 0.304 e. The minimum absolute atomic E-state index is 0.0899. The summed E-state index contributed by atoms with van der Waals surface area (Å²) in [4.78, 5) is 13.4. The van der Waals surface area contributed by atoms with E-state index < -0.39 is 5.97 Å². The highest BCUT2D eigenvalue weighted by Crippen LogP contribution is 2.26. The molecule has 0 heterocycles. The summed E-state index contributed by atoms with van der Waals surface area (Å²) < 4.78 is 0. The standard InChI is InChI=1S/C25H24N2O2/c26-17-20-11-13-21(14-12-20)18-27(16-15-25(28)29)19-24(22-7-3-1-4-8-22)23-9-5-2-6-10-23/h1-14,24H,15-16,18-19H2,(H,28,29). The van der Waals surface area contributed by atoms with Crippen molar-refractivity contribution in [2.45, 2.75) is 18.9 Å². The van der Waals surface area contributed by atoms with Crippen LogP contribution >= 0.6 is 0 Å². The molecule has 0 amide bonds. The Morgan fingerprint density at radius 3 is 1.93 bits per heavy atom. The van der Waals surface area contributed by atoms with Crippen molar-refractivity contribution in [3.8, 4) is 6.07 Å². The van der Waals surface area contributed by atoms with Crippen LogP contribution in [-0.4, -0.2) is 29.1 Å². The van der Waals surface area contributed by atoms with E-state index in [0.717, 1.165) is 5.56 Å². The number of carboxylic acid groups (broad SMARTS) is 1. The lowest BCUT2D eigenvalue weighted by Crippen LogP contribution is -2.31. The second kappa shape index (κ2) is 10.2. The summed E-state index contributed by atoms with van der Waals surface area (Å²) in [6, 6.07) is 30.2. The van der Waals surface area contributed by atoms with Crippen LogP contribution in [0.1, 0.15) is 34.6 Å². The van der Waals surface area contributed by atoms with Gasteiger partial charge in [-0.15, -0.1) is 0 Å². The van der Waals surface area contributed by atoms with Gasteiger partial charge in [0.1, 0.15) is 0 Å². The Bertz CT molecular complexity index is 908. The molecule has 3 rings (SSSR count). The first-order valence-corrected chi connectivity index (χ1v) is 9.69. The third-order valence-electron chi connectivity index (χ3n) is 4.98. The molecule has 0 aliphatic heterocycles. The third-order valence-corrected chi connectivity index (χ3v) is 4.98. The molecule has 0 atom stereocenters. The minimum Gasteiger partial charge on any atom is -0.481 e. The average molecular weight is 384 g/mol. The molecule has 3 aromatic carbocycles. The van der Waals surface area contributed by atoms with E-state index in [4.69, 9.17) is 5.26 Å². The van der Waals surface area contributed by atoms with E-state index >= 15 is 0 Å². The third kappa shape index (κ3) is 6.03. The molecule has 0 saturated heterocycles. The number of hydrogen-bond donors (Lipinski definition) is 1. The molecule has 0 fully saturated rings. The van der Waals surface area contributed by atoms with Crippen LogP contribution in [0, 0.1) is 11.3 Å². The van der Waals surface area contributed by atoms with Gasteiger partial charge in [0.2, 0.25) is 0 Å². The van der Waals surface area contributed by atoms with Gasteiger partial charge >= 0.3 is 5.97 Å². The van der Waals surface area contributed by atoms with E-state index in [1.54, 1.807) is 12.1 Å². The van der Waals surface area contributed by atoms with E-state index in [-0.39, 0.29) is 12.3 Å². The fourth-order valence-electron chi connectivity index (χ4n) is 3.46. The maximum absolute atomic E-state index is 11.2. The van der Waals surface area contributed by atoms with Crippen LogP contribution in [0.2, 0.25) is 0 Å². The fourth-order valence-corrected chi connectivity index (χ4v) is 3.46. The summed E-state index contributed by atoms with van der Waals surface area (Å²) in [5.74, 6) is -0.657. The summed E-state index contributed by atoms with van der Waals surface area (Å²) in [5.41, 5.74) is 4.10. The number of carboxylic acids is 1. The van der Waals surface area contributed by atoms with E-state index in [9.17, 15) is 9.90 Å². The van der Waals surface area contributed by atoms with Gasteiger partial charge in [-0.05, 0) is 28.8 Å². The first-order valence-electron chi connectivity index (χ1n) is 9.69. The predicted octanol–water partition coefficient (Wildman–Crippen LogP) is 4.67. The van der Waals surface area contributed by atoms with Crippen LogP contribution in [0.5, 0.6) is 0 Å². The average Bonchev–Trinajstić information content (AvgIpc) is 2.77. The SMILES string of the molecule is N#Cc1ccc(CN(CCC(=O)O)CC(c2ccccc2)c2ccccc2)cc1. The molecule has 0 unspecified atom stereocenters. The monoisotopic (exact) mass is 384 g/mol. The second-order valence-electron chi connectivity index (χ2n) is 7.06. The van der Waals surface area contributed by atoms with Crippen molar-refractivity contribution in [1.82, 2.24) is 4.90 Å². The smallest absolute Gasteiger partial charge is 0.304 e. The molecule has 0 bridgehead atoms. The fraction of sp³-hybridized carbons (Fsp3) is 0.200. The molecule has 0 aliphatic rings. The molecule has 3 aromatic rings. The number of aliphatic carboxylic acids is 1. The Balaban J connectivity index is 1.85. The van der Waals surface area contributed by atoms with Crippen LogP contribution in [0.3, 0.4) is 0 Å². The predicted molar refractivity (Wildman–Crippen MR) is 113 cm³/mol. The molecule has 4 heteroatoms. The largest absolute Gasteiger partial charge is 0.481 e. The van der Waals surface area contributed by atoms with Crippen molar-refractivity contribution in [3.63, 3.8) is 0 Å². The lowest BCUT2D eigenvalue weighted by atomic mass is 9.90. The van der Waals surface area contributed by atoms with E-state index in [2.05, 4.69) is 35.2 Å². The number of carbonyl (C=O) groups is 1. The zero-order chi connectivity index (χ0) is 20.5. The van der Waals surface area contributed by atoms with Gasteiger partial charge in [-0.25, -0.2) is 0 Å². The van der Waals surface area contributed by atoms with Crippen LogP contribution in [0.4, 0.5) is 0 Å². The van der Waals surface area contributed by atoms with Crippen LogP contribution < -0.4 is 0 Å². The molecular weight excluding hydrogens is 360 g/mol. The van der Waals surface area contributed by atoms with E-state index in [1.165, 1.54) is 11.1 Å². The van der Waals surface area contributed by atoms with Gasteiger partial charge < -0.3 is 5.11 Å². The highest BCUT2D eigenvalue weighted by Gasteiger charge is 2.19. The Kier molecular flexibility index (Phi) is 7.16. The quantitative estimate of drug-likeness (QED) is 0.582. The van der Waals surface area contributed by atoms with Crippen LogP contribution in [0.25, 0.3) is 0 Å². The number of nitrogens with zero attached hydrogens (tertiary/aromatic N) is 2. The van der Waals surface area contributed by atoms with Gasteiger partial charge in [-0.2, -0.15) is 5.26 Å². The number of rotatable bonds is 9. The Hall–Kier alpha value is -3.42. The molecular formula is C25H24N2O2. The second-order valence-corrected chi connectivity index (χ2v) is 7.06. The van der Waals surface area contributed by atoms with Gasteiger partial charge in [-0.3, -0.25) is 9.69 Å². The van der Waals surface area contributed by atoms with E-state index in [0.29, 0.717) is 25.2 Å². The van der Waals surface area contributed by atoms with Crippen molar-refractivity contribution in [2.75, 3.05) is 13.1 Å². The first kappa shape index (κ1) is 20.3. The molecule has 0 spiro atoms. The van der Waals surface area contributed by atoms with Crippen LogP contribution in [-0.2, 0) is 11.3 Å². The molecule has 0 aliphatic carbocycles. The zero-order valence-corrected chi connectivity index (χ0v) is 16.2. The first-order chi connectivity index (χ1) is 14.2. The molecule has 4 nitrogen and oxygen atoms in total. The van der Waals surface area contributed by atoms with Crippen LogP contribution in [0.15, 0.2) is 84.9 Å². The maximum atomic E-state index is 11.2. The van der Waals surface area contributed by atoms with Crippen molar-refractivity contribution in [1.29, 1.82) is 5.26 Å². The molecule has 1 N–H and O–H groups in total. The normalized spacial score (nSPS) is 10.8. The number of nitriles is 1. The molecule has 0 radical (unpaired) electrons. The molecule has 0 saturated carbocycles. The zero-order valence-electron chi connectivity index (χ0n) is 16.2. The van der Waals surface area contributed by atoms with Gasteiger partial charge in [0.25, 0.3) is 0 Å². The Labute approximate surface area is 171 Å². The summed E-state index contributed by atoms with van der Waals surface area (Å²) in [5, 5.41) is 18.2. The number of benzene rings is 3. The van der Waals surface area contributed by atoms with Gasteiger partial charge in [-0.1, -0.05) is 72.8 Å². The Morgan fingerprint density at radius 2 is 1.45 bits per heavy atom. The van der Waals surface area contributed by atoms with E-state index in [1.807, 2.05) is 48.5 Å². The highest BCUT2D eigenvalue weighted by atomic mass is 16.4. The van der Waals surface area contributed by atoms with Gasteiger partial charge in [0.05, 0.1) is 18.1 Å². The number of hydrogen-bond acceptors (Lipinski definition) is 3. The van der Waals surface area contributed by atoms with Crippen molar-refractivity contribution in [3.05, 3.63) is 107 Å². The lowest BCUT2D eigenvalue weighted by molar-refractivity contribution is -0.137. The Morgan fingerprint density at radius 1 is 0.897 bits per heavy atom. The van der Waals surface area contributed by atoms with Crippen molar-refractivity contribution < 1.29 is 9.90 Å². The summed E-state index contributed by atoms with van der Waals surface area (Å²) in [6.45, 7) is 1.81. The summed E-state index contributed by atoms with van der Waals surface area (Å²) >= 11 is 0. The lowest BCUT2D eigenvalue weighted by Gasteiger charge is -2.28. The topological polar surface area (TPSA) is 64.3 Å². The van der Waals surface area contributed by atoms with Crippen molar-refractivity contribution >= 4 is 5.97 Å². The van der Waals surface area contributed by atoms with Gasteiger partial charge in [0.15, 0.2) is 0 Å². The minimum atomic E-state index is -0.800. The summed E-state index contributed by atoms with van der Waals surface area (Å²) in [7, 11) is 0. The highest BCUT2D eigenvalue weighted by molar-refractivity contribution is 5.66. The summed E-state index contributed by atoms with van der Waals surface area (Å²) in [6.07, 6.45) is 0.0899. The van der Waals surface area contributed by atoms with Crippen molar-refractivity contribution in [2.24, 2.45) is 0 Å². The molecule has 0 aromatic heterocycles.